The molecule has 0 fully saturated rings. The molecule has 3 nitrogen and oxygen atoms in total. The Morgan fingerprint density at radius 1 is 1.27 bits per heavy atom. The third-order valence-electron chi connectivity index (χ3n) is 2.62. The SMILES string of the molecule is CCN(CCO)CCc1ccccc1N. The Hall–Kier alpha value is -1.06. The molecule has 1 aromatic carbocycles. The summed E-state index contributed by atoms with van der Waals surface area (Å²) in [6.45, 7) is 4.98. The number of aliphatic hydroxyl groups is 1. The fourth-order valence-electron chi connectivity index (χ4n) is 1.61. The topological polar surface area (TPSA) is 49.5 Å². The quantitative estimate of drug-likeness (QED) is 0.689. The summed E-state index contributed by atoms with van der Waals surface area (Å²) in [5.41, 5.74) is 7.90. The molecule has 0 aliphatic carbocycles. The Bertz CT molecular complexity index is 289. The van der Waals surface area contributed by atoms with Crippen LogP contribution in [0.5, 0.6) is 0 Å². The second-order valence-electron chi connectivity index (χ2n) is 3.61. The molecule has 0 aliphatic rings. The molecule has 1 rings (SSSR count). The summed E-state index contributed by atoms with van der Waals surface area (Å²) < 4.78 is 0. The molecule has 0 saturated carbocycles. The van der Waals surface area contributed by atoms with Crippen LogP contribution in [0.15, 0.2) is 24.3 Å². The van der Waals surface area contributed by atoms with Crippen molar-refractivity contribution in [1.82, 2.24) is 4.90 Å². The summed E-state index contributed by atoms with van der Waals surface area (Å²) >= 11 is 0. The molecule has 3 heteroatoms. The van der Waals surface area contributed by atoms with Crippen molar-refractivity contribution in [3.8, 4) is 0 Å². The second-order valence-corrected chi connectivity index (χ2v) is 3.61. The van der Waals surface area contributed by atoms with E-state index >= 15 is 0 Å². The Morgan fingerprint density at radius 2 is 2.00 bits per heavy atom. The fraction of sp³-hybridized carbons (Fsp3) is 0.500. The minimum Gasteiger partial charge on any atom is -0.399 e. The van der Waals surface area contributed by atoms with Gasteiger partial charge in [-0.05, 0) is 24.6 Å². The first-order valence-electron chi connectivity index (χ1n) is 5.44. The van der Waals surface area contributed by atoms with Gasteiger partial charge in [0.2, 0.25) is 0 Å². The lowest BCUT2D eigenvalue weighted by atomic mass is 10.1. The van der Waals surface area contributed by atoms with Crippen molar-refractivity contribution < 1.29 is 5.11 Å². The van der Waals surface area contributed by atoms with Gasteiger partial charge >= 0.3 is 0 Å². The third kappa shape index (κ3) is 3.90. The van der Waals surface area contributed by atoms with Gasteiger partial charge in [0, 0.05) is 18.8 Å². The van der Waals surface area contributed by atoms with Crippen LogP contribution in [-0.2, 0) is 6.42 Å². The van der Waals surface area contributed by atoms with Crippen molar-refractivity contribution in [3.05, 3.63) is 29.8 Å². The molecule has 3 N–H and O–H groups in total. The smallest absolute Gasteiger partial charge is 0.0558 e. The minimum atomic E-state index is 0.220. The second kappa shape index (κ2) is 6.43. The first-order valence-corrected chi connectivity index (χ1v) is 5.44. The van der Waals surface area contributed by atoms with Gasteiger partial charge in [-0.1, -0.05) is 25.1 Å². The van der Waals surface area contributed by atoms with Gasteiger partial charge in [-0.15, -0.1) is 0 Å². The zero-order valence-corrected chi connectivity index (χ0v) is 9.32. The predicted molar refractivity (Wildman–Crippen MR) is 63.8 cm³/mol. The molecular formula is C12H20N2O. The number of hydrogen-bond acceptors (Lipinski definition) is 3. The molecule has 0 aromatic heterocycles. The molecule has 1 aromatic rings. The van der Waals surface area contributed by atoms with Gasteiger partial charge in [0.15, 0.2) is 0 Å². The van der Waals surface area contributed by atoms with E-state index in [1.807, 2.05) is 18.2 Å². The molecule has 0 saturated heterocycles. The summed E-state index contributed by atoms with van der Waals surface area (Å²) in [4.78, 5) is 2.21. The molecule has 0 radical (unpaired) electrons. The number of anilines is 1. The van der Waals surface area contributed by atoms with Crippen LogP contribution in [0.25, 0.3) is 0 Å². The molecule has 84 valence electrons. The Kier molecular flexibility index (Phi) is 5.15. The first kappa shape index (κ1) is 12.0. The highest BCUT2D eigenvalue weighted by Crippen LogP contribution is 2.11. The van der Waals surface area contributed by atoms with E-state index in [0.717, 1.165) is 31.7 Å². The number of para-hydroxylation sites is 1. The number of benzene rings is 1. The number of nitrogens with zero attached hydrogens (tertiary/aromatic N) is 1. The minimum absolute atomic E-state index is 0.220. The standard InChI is InChI=1S/C12H20N2O/c1-2-14(9-10-15)8-7-11-5-3-4-6-12(11)13/h3-6,15H,2,7-10,13H2,1H3. The third-order valence-corrected chi connectivity index (χ3v) is 2.62. The maximum absolute atomic E-state index is 8.85. The highest BCUT2D eigenvalue weighted by molar-refractivity contribution is 5.46. The summed E-state index contributed by atoms with van der Waals surface area (Å²) in [6.07, 6.45) is 0.945. The first-order chi connectivity index (χ1) is 7.27. The highest BCUT2D eigenvalue weighted by Gasteiger charge is 2.03. The Labute approximate surface area is 91.5 Å². The molecule has 0 aliphatic heterocycles. The van der Waals surface area contributed by atoms with E-state index < -0.39 is 0 Å². The van der Waals surface area contributed by atoms with E-state index in [2.05, 4.69) is 17.9 Å². The lowest BCUT2D eigenvalue weighted by Gasteiger charge is -2.19. The molecule has 0 heterocycles. The fourth-order valence-corrected chi connectivity index (χ4v) is 1.61. The van der Waals surface area contributed by atoms with Crippen molar-refractivity contribution in [2.75, 3.05) is 32.0 Å². The van der Waals surface area contributed by atoms with Gasteiger partial charge in [0.25, 0.3) is 0 Å². The molecular weight excluding hydrogens is 188 g/mol. The molecule has 0 unspecified atom stereocenters. The normalized spacial score (nSPS) is 10.9. The number of nitrogen functional groups attached to an aromatic ring is 1. The van der Waals surface area contributed by atoms with Gasteiger partial charge in [0.05, 0.1) is 6.61 Å². The van der Waals surface area contributed by atoms with E-state index in [1.54, 1.807) is 0 Å². The highest BCUT2D eigenvalue weighted by atomic mass is 16.3. The summed E-state index contributed by atoms with van der Waals surface area (Å²) in [6, 6.07) is 7.94. The zero-order valence-electron chi connectivity index (χ0n) is 9.32. The van der Waals surface area contributed by atoms with Crippen LogP contribution in [-0.4, -0.2) is 36.2 Å². The van der Waals surface area contributed by atoms with Gasteiger partial charge in [-0.25, -0.2) is 0 Å². The number of rotatable bonds is 6. The molecule has 15 heavy (non-hydrogen) atoms. The van der Waals surface area contributed by atoms with E-state index in [4.69, 9.17) is 10.8 Å². The molecule has 0 spiro atoms. The monoisotopic (exact) mass is 208 g/mol. The maximum atomic E-state index is 8.85. The van der Waals surface area contributed by atoms with Crippen LogP contribution in [0.4, 0.5) is 5.69 Å². The number of likely N-dealkylation sites (N-methyl/N-ethyl adjacent to an activating group) is 1. The lowest BCUT2D eigenvalue weighted by molar-refractivity contribution is 0.203. The summed E-state index contributed by atoms with van der Waals surface area (Å²) in [7, 11) is 0. The molecule has 0 atom stereocenters. The largest absolute Gasteiger partial charge is 0.399 e. The van der Waals surface area contributed by atoms with Gasteiger partial charge in [-0.3, -0.25) is 0 Å². The van der Waals surface area contributed by atoms with Crippen molar-refractivity contribution in [1.29, 1.82) is 0 Å². The van der Waals surface area contributed by atoms with Crippen LogP contribution in [0.1, 0.15) is 12.5 Å². The van der Waals surface area contributed by atoms with Crippen LogP contribution >= 0.6 is 0 Å². The van der Waals surface area contributed by atoms with Gasteiger partial charge in [-0.2, -0.15) is 0 Å². The van der Waals surface area contributed by atoms with E-state index in [9.17, 15) is 0 Å². The number of hydrogen-bond donors (Lipinski definition) is 2. The number of nitrogens with two attached hydrogens (primary N) is 1. The van der Waals surface area contributed by atoms with Crippen LogP contribution < -0.4 is 5.73 Å². The molecule has 0 bridgehead atoms. The number of aliphatic hydroxyl groups excluding tert-OH is 1. The molecule has 0 amide bonds. The van der Waals surface area contributed by atoms with Crippen molar-refractivity contribution in [2.45, 2.75) is 13.3 Å². The maximum Gasteiger partial charge on any atom is 0.0558 e. The van der Waals surface area contributed by atoms with Crippen molar-refractivity contribution in [2.24, 2.45) is 0 Å². The van der Waals surface area contributed by atoms with Crippen LogP contribution in [0, 0.1) is 0 Å². The van der Waals surface area contributed by atoms with E-state index in [0.29, 0.717) is 0 Å². The summed E-state index contributed by atoms with van der Waals surface area (Å²) in [5.74, 6) is 0. The van der Waals surface area contributed by atoms with Crippen LogP contribution in [0.3, 0.4) is 0 Å². The van der Waals surface area contributed by atoms with E-state index in [-0.39, 0.29) is 6.61 Å². The Morgan fingerprint density at radius 3 is 2.60 bits per heavy atom. The average molecular weight is 208 g/mol. The van der Waals surface area contributed by atoms with Gasteiger partial charge < -0.3 is 15.7 Å². The average Bonchev–Trinajstić information content (AvgIpc) is 2.26. The van der Waals surface area contributed by atoms with Crippen molar-refractivity contribution >= 4 is 5.69 Å². The summed E-state index contributed by atoms with van der Waals surface area (Å²) in [5, 5.41) is 8.85. The lowest BCUT2D eigenvalue weighted by Crippen LogP contribution is -2.28. The van der Waals surface area contributed by atoms with E-state index in [1.165, 1.54) is 5.56 Å². The van der Waals surface area contributed by atoms with Crippen LogP contribution in [0.2, 0.25) is 0 Å². The Balaban J connectivity index is 2.45. The predicted octanol–water partition coefficient (Wildman–Crippen LogP) is 1.13. The zero-order chi connectivity index (χ0) is 11.1. The van der Waals surface area contributed by atoms with Crippen molar-refractivity contribution in [3.63, 3.8) is 0 Å². The van der Waals surface area contributed by atoms with Gasteiger partial charge in [0.1, 0.15) is 0 Å².